The molecular weight excluding hydrogens is 310 g/mol. The topological polar surface area (TPSA) is 84.5 Å². The van der Waals surface area contributed by atoms with Crippen molar-refractivity contribution < 1.29 is 9.72 Å². The highest BCUT2D eigenvalue weighted by atomic mass is 16.6. The van der Waals surface area contributed by atoms with Gasteiger partial charge >= 0.3 is 0 Å². The average molecular weight is 331 g/mol. The Balaban J connectivity index is 2.25. The maximum atomic E-state index is 12.9. The molecule has 1 heterocycles. The number of amides is 1. The summed E-state index contributed by atoms with van der Waals surface area (Å²) in [6.45, 7) is 0.165. The molecule has 0 spiro atoms. The number of nitrogens with zero attached hydrogens (tertiary/aromatic N) is 5. The number of para-hydroxylation sites is 1. The lowest BCUT2D eigenvalue weighted by atomic mass is 10.1. The molecule has 0 aliphatic carbocycles. The van der Waals surface area contributed by atoms with E-state index in [4.69, 9.17) is 0 Å². The largest absolute Gasteiger partial charge is 0.339 e. The number of nitro benzene ring substituents is 1. The van der Waals surface area contributed by atoms with Gasteiger partial charge in [0.2, 0.25) is 5.91 Å². The van der Waals surface area contributed by atoms with E-state index in [0.717, 1.165) is 5.69 Å². The lowest BCUT2D eigenvalue weighted by Gasteiger charge is -2.28. The van der Waals surface area contributed by atoms with Gasteiger partial charge in [-0.05, 0) is 14.1 Å². The van der Waals surface area contributed by atoms with Gasteiger partial charge in [0.05, 0.1) is 29.7 Å². The third-order valence-electron chi connectivity index (χ3n) is 3.86. The number of nitro groups is 1. The van der Waals surface area contributed by atoms with E-state index in [1.54, 1.807) is 47.2 Å². The summed E-state index contributed by atoms with van der Waals surface area (Å²) in [5.41, 5.74) is 1.28. The predicted octanol–water partition coefficient (Wildman–Crippen LogP) is 1.59. The number of rotatable bonds is 6. The molecule has 0 saturated carbocycles. The normalized spacial score (nSPS) is 12.2. The Hall–Kier alpha value is -2.74. The number of carbonyl (C=O) groups is 1. The van der Waals surface area contributed by atoms with Crippen LogP contribution in [0.25, 0.3) is 0 Å². The quantitative estimate of drug-likeness (QED) is 0.593. The number of likely N-dealkylation sites (N-methyl/N-ethyl adjacent to an activating group) is 2. The molecule has 1 atom stereocenters. The minimum atomic E-state index is -0.509. The van der Waals surface area contributed by atoms with Gasteiger partial charge in [0, 0.05) is 25.7 Å². The minimum Gasteiger partial charge on any atom is -0.339 e. The van der Waals surface area contributed by atoms with Crippen molar-refractivity contribution >= 4 is 11.6 Å². The molecule has 8 heteroatoms. The van der Waals surface area contributed by atoms with Crippen LogP contribution >= 0.6 is 0 Å². The molecule has 1 aromatic heterocycles. The maximum Gasteiger partial charge on any atom is 0.274 e. The smallest absolute Gasteiger partial charge is 0.274 e. The third kappa shape index (κ3) is 3.60. The van der Waals surface area contributed by atoms with Gasteiger partial charge in [-0.15, -0.1) is 0 Å². The first-order valence-corrected chi connectivity index (χ1v) is 7.42. The van der Waals surface area contributed by atoms with Crippen molar-refractivity contribution in [3.8, 4) is 0 Å². The molecule has 0 unspecified atom stereocenters. The van der Waals surface area contributed by atoms with Crippen molar-refractivity contribution in [1.29, 1.82) is 0 Å². The molecular formula is C16H21N5O3. The minimum absolute atomic E-state index is 0.0130. The summed E-state index contributed by atoms with van der Waals surface area (Å²) in [7, 11) is 7.10. The standard InChI is InChI=1S/C16H21N5O3/c1-18(2)15(14-9-17-11-20(14)4)16(22)19(3)10-12-7-5-6-8-13(12)21(23)24/h5-9,11,15H,10H2,1-4H3/t15-/m1/s1. The summed E-state index contributed by atoms with van der Waals surface area (Å²) in [4.78, 5) is 31.0. The highest BCUT2D eigenvalue weighted by Crippen LogP contribution is 2.23. The Morgan fingerprint density at radius 1 is 1.33 bits per heavy atom. The Morgan fingerprint density at radius 3 is 2.54 bits per heavy atom. The second kappa shape index (κ2) is 7.22. The molecule has 0 aliphatic rings. The molecule has 0 N–H and O–H groups in total. The number of aromatic nitrogens is 2. The van der Waals surface area contributed by atoms with Gasteiger partial charge in [0.15, 0.2) is 0 Å². The predicted molar refractivity (Wildman–Crippen MR) is 89.2 cm³/mol. The molecule has 0 fully saturated rings. The third-order valence-corrected chi connectivity index (χ3v) is 3.86. The lowest BCUT2D eigenvalue weighted by molar-refractivity contribution is -0.385. The van der Waals surface area contributed by atoms with E-state index < -0.39 is 11.0 Å². The van der Waals surface area contributed by atoms with E-state index in [0.29, 0.717) is 5.56 Å². The van der Waals surface area contributed by atoms with Crippen LogP contribution in [-0.4, -0.2) is 51.3 Å². The average Bonchev–Trinajstić information content (AvgIpc) is 2.93. The number of imidazole rings is 1. The second-order valence-electron chi connectivity index (χ2n) is 5.88. The first-order chi connectivity index (χ1) is 11.3. The monoisotopic (exact) mass is 331 g/mol. The molecule has 24 heavy (non-hydrogen) atoms. The van der Waals surface area contributed by atoms with Crippen molar-refractivity contribution in [3.05, 3.63) is 58.2 Å². The van der Waals surface area contributed by atoms with Gasteiger partial charge in [0.1, 0.15) is 6.04 Å². The van der Waals surface area contributed by atoms with Gasteiger partial charge < -0.3 is 9.47 Å². The van der Waals surface area contributed by atoms with Crippen molar-refractivity contribution in [2.75, 3.05) is 21.1 Å². The fraction of sp³-hybridized carbons (Fsp3) is 0.375. The molecule has 128 valence electrons. The Kier molecular flexibility index (Phi) is 5.30. The summed E-state index contributed by atoms with van der Waals surface area (Å²) in [6, 6.07) is 5.94. The van der Waals surface area contributed by atoms with Gasteiger partial charge in [-0.25, -0.2) is 4.98 Å². The Morgan fingerprint density at radius 2 is 2.00 bits per heavy atom. The fourth-order valence-electron chi connectivity index (χ4n) is 2.61. The number of aryl methyl sites for hydroxylation is 1. The van der Waals surface area contributed by atoms with Crippen molar-refractivity contribution in [2.24, 2.45) is 7.05 Å². The van der Waals surface area contributed by atoms with E-state index in [9.17, 15) is 14.9 Å². The zero-order valence-corrected chi connectivity index (χ0v) is 14.2. The molecule has 0 bridgehead atoms. The molecule has 0 saturated heterocycles. The van der Waals surface area contributed by atoms with E-state index in [1.165, 1.54) is 11.0 Å². The van der Waals surface area contributed by atoms with Gasteiger partial charge in [-0.1, -0.05) is 18.2 Å². The van der Waals surface area contributed by atoms with Gasteiger partial charge in [-0.2, -0.15) is 0 Å². The molecule has 0 radical (unpaired) electrons. The van der Waals surface area contributed by atoms with Crippen LogP contribution < -0.4 is 0 Å². The molecule has 0 aliphatic heterocycles. The van der Waals surface area contributed by atoms with Crippen LogP contribution in [0.15, 0.2) is 36.8 Å². The SMILES string of the molecule is CN(Cc1ccccc1[N+](=O)[O-])C(=O)[C@@H](c1cncn1C)N(C)C. The number of benzene rings is 1. The van der Waals surface area contributed by atoms with Crippen molar-refractivity contribution in [3.63, 3.8) is 0 Å². The van der Waals surface area contributed by atoms with E-state index in [-0.39, 0.29) is 18.1 Å². The molecule has 8 nitrogen and oxygen atoms in total. The molecule has 1 aromatic carbocycles. The number of hydrogen-bond acceptors (Lipinski definition) is 5. The summed E-state index contributed by atoms with van der Waals surface area (Å²) >= 11 is 0. The van der Waals surface area contributed by atoms with Crippen LogP contribution in [0, 0.1) is 10.1 Å². The zero-order valence-electron chi connectivity index (χ0n) is 14.2. The van der Waals surface area contributed by atoms with Crippen LogP contribution in [0.1, 0.15) is 17.3 Å². The highest BCUT2D eigenvalue weighted by Gasteiger charge is 2.29. The van der Waals surface area contributed by atoms with E-state index in [2.05, 4.69) is 4.98 Å². The fourth-order valence-corrected chi connectivity index (χ4v) is 2.61. The van der Waals surface area contributed by atoms with Crippen LogP contribution in [0.3, 0.4) is 0 Å². The number of hydrogen-bond donors (Lipinski definition) is 0. The summed E-state index contributed by atoms with van der Waals surface area (Å²) in [5.74, 6) is -0.151. The van der Waals surface area contributed by atoms with Crippen molar-refractivity contribution in [1.82, 2.24) is 19.4 Å². The van der Waals surface area contributed by atoms with E-state index >= 15 is 0 Å². The molecule has 2 rings (SSSR count). The van der Waals surface area contributed by atoms with Crippen molar-refractivity contribution in [2.45, 2.75) is 12.6 Å². The van der Waals surface area contributed by atoms with Gasteiger partial charge in [0.25, 0.3) is 5.69 Å². The maximum absolute atomic E-state index is 12.9. The van der Waals surface area contributed by atoms with E-state index in [1.807, 2.05) is 21.1 Å². The molecule has 2 aromatic rings. The van der Waals surface area contributed by atoms with Gasteiger partial charge in [-0.3, -0.25) is 19.8 Å². The lowest BCUT2D eigenvalue weighted by Crippen LogP contribution is -2.39. The van der Waals surface area contributed by atoms with Crippen LogP contribution in [0.5, 0.6) is 0 Å². The Labute approximate surface area is 140 Å². The summed E-state index contributed by atoms with van der Waals surface area (Å²) < 4.78 is 1.79. The molecule has 1 amide bonds. The highest BCUT2D eigenvalue weighted by molar-refractivity contribution is 5.82. The number of carbonyl (C=O) groups excluding carboxylic acids is 1. The Bertz CT molecular complexity index is 741. The summed E-state index contributed by atoms with van der Waals surface area (Å²) in [6.07, 6.45) is 3.29. The summed E-state index contributed by atoms with van der Waals surface area (Å²) in [5, 5.41) is 11.1. The first kappa shape index (κ1) is 17.6. The first-order valence-electron chi connectivity index (χ1n) is 7.42. The van der Waals surface area contributed by atoms with Crippen LogP contribution in [0.4, 0.5) is 5.69 Å². The van der Waals surface area contributed by atoms with Crippen LogP contribution in [0.2, 0.25) is 0 Å². The van der Waals surface area contributed by atoms with Crippen LogP contribution in [-0.2, 0) is 18.4 Å². The zero-order chi connectivity index (χ0) is 17.9. The second-order valence-corrected chi connectivity index (χ2v) is 5.88.